The topological polar surface area (TPSA) is 68.7 Å². The van der Waals surface area contributed by atoms with Crippen molar-refractivity contribution in [3.05, 3.63) is 29.8 Å². The number of nitrogens with zero attached hydrogens (tertiary/aromatic N) is 2. The normalized spacial score (nSPS) is 10.2. The highest BCUT2D eigenvalue weighted by Gasteiger charge is 2.20. The lowest BCUT2D eigenvalue weighted by Crippen LogP contribution is -2.39. The summed E-state index contributed by atoms with van der Waals surface area (Å²) in [7, 11) is 1.48. The number of pyridine rings is 1. The van der Waals surface area contributed by atoms with Crippen LogP contribution in [0.5, 0.6) is 0 Å². The highest BCUT2D eigenvalue weighted by atomic mass is 19.1. The summed E-state index contributed by atoms with van der Waals surface area (Å²) < 4.78 is 22.7. The number of hydrogen-bond acceptors (Lipinski definition) is 5. The van der Waals surface area contributed by atoms with Gasteiger partial charge in [-0.15, -0.1) is 0 Å². The fraction of sp³-hybridized carbons (Fsp3) is 0.462. The molecule has 20 heavy (non-hydrogen) atoms. The van der Waals surface area contributed by atoms with Gasteiger partial charge in [0, 0.05) is 13.7 Å². The summed E-state index contributed by atoms with van der Waals surface area (Å²) in [6, 6.07) is 3.91. The van der Waals surface area contributed by atoms with E-state index >= 15 is 0 Å². The lowest BCUT2D eigenvalue weighted by Gasteiger charge is -2.20. The summed E-state index contributed by atoms with van der Waals surface area (Å²) in [5.41, 5.74) is -0.0644. The first kappa shape index (κ1) is 16.0. The first-order valence-corrected chi connectivity index (χ1v) is 6.14. The van der Waals surface area contributed by atoms with Gasteiger partial charge in [0.15, 0.2) is 0 Å². The standard InChI is InChI=1S/C13H17FN2O4/c1-3-20-12(17)9-16(7-8-19-2)13(18)10-5-4-6-11(14)15-10/h4-6H,3,7-9H2,1-2H3. The van der Waals surface area contributed by atoms with Crippen LogP contribution >= 0.6 is 0 Å². The Morgan fingerprint density at radius 1 is 1.40 bits per heavy atom. The number of halogens is 1. The maximum Gasteiger partial charge on any atom is 0.325 e. The van der Waals surface area contributed by atoms with Crippen molar-refractivity contribution in [3.63, 3.8) is 0 Å². The van der Waals surface area contributed by atoms with Gasteiger partial charge in [0.05, 0.1) is 13.2 Å². The minimum absolute atomic E-state index is 0.0644. The minimum atomic E-state index is -0.751. The molecule has 0 aliphatic heterocycles. The maximum atomic E-state index is 13.0. The Balaban J connectivity index is 2.80. The number of rotatable bonds is 7. The van der Waals surface area contributed by atoms with Gasteiger partial charge in [-0.05, 0) is 19.1 Å². The zero-order valence-electron chi connectivity index (χ0n) is 11.5. The number of carbonyl (C=O) groups excluding carboxylic acids is 2. The molecule has 0 N–H and O–H groups in total. The van der Waals surface area contributed by atoms with Gasteiger partial charge in [0.2, 0.25) is 5.95 Å². The van der Waals surface area contributed by atoms with Crippen LogP contribution < -0.4 is 0 Å². The first-order chi connectivity index (χ1) is 9.58. The van der Waals surface area contributed by atoms with Gasteiger partial charge >= 0.3 is 5.97 Å². The smallest absolute Gasteiger partial charge is 0.325 e. The van der Waals surface area contributed by atoms with Crippen molar-refractivity contribution in [1.29, 1.82) is 0 Å². The molecule has 110 valence electrons. The van der Waals surface area contributed by atoms with Gasteiger partial charge in [-0.1, -0.05) is 6.07 Å². The predicted octanol–water partition coefficient (Wildman–Crippen LogP) is 0.872. The number of methoxy groups -OCH3 is 1. The second-order valence-electron chi connectivity index (χ2n) is 3.87. The van der Waals surface area contributed by atoms with Crippen molar-refractivity contribution in [2.24, 2.45) is 0 Å². The van der Waals surface area contributed by atoms with E-state index in [2.05, 4.69) is 4.98 Å². The van der Waals surface area contributed by atoms with E-state index in [1.807, 2.05) is 0 Å². The summed E-state index contributed by atoms with van der Waals surface area (Å²) in [4.78, 5) is 28.4. The van der Waals surface area contributed by atoms with Gasteiger partial charge in [0.25, 0.3) is 5.91 Å². The van der Waals surface area contributed by atoms with Crippen LogP contribution in [-0.4, -0.2) is 55.2 Å². The van der Waals surface area contributed by atoms with Crippen LogP contribution in [0.3, 0.4) is 0 Å². The Morgan fingerprint density at radius 2 is 2.15 bits per heavy atom. The van der Waals surface area contributed by atoms with Crippen molar-refractivity contribution in [1.82, 2.24) is 9.88 Å². The molecule has 0 spiro atoms. The molecule has 0 saturated heterocycles. The van der Waals surface area contributed by atoms with Gasteiger partial charge < -0.3 is 14.4 Å². The molecule has 0 atom stereocenters. The lowest BCUT2D eigenvalue weighted by atomic mass is 10.3. The number of carbonyl (C=O) groups is 2. The van der Waals surface area contributed by atoms with Crippen LogP contribution in [0, 0.1) is 5.95 Å². The fourth-order valence-corrected chi connectivity index (χ4v) is 1.51. The number of hydrogen-bond donors (Lipinski definition) is 0. The van der Waals surface area contributed by atoms with Gasteiger partial charge in [-0.3, -0.25) is 9.59 Å². The molecule has 0 aliphatic rings. The molecule has 1 aromatic rings. The summed E-state index contributed by atoms with van der Waals surface area (Å²) in [6.45, 7) is 2.11. The summed E-state index contributed by atoms with van der Waals surface area (Å²) in [6.07, 6.45) is 0. The van der Waals surface area contributed by atoms with E-state index in [1.54, 1.807) is 6.92 Å². The second-order valence-corrected chi connectivity index (χ2v) is 3.87. The quantitative estimate of drug-likeness (QED) is 0.549. The van der Waals surface area contributed by atoms with Gasteiger partial charge in [-0.25, -0.2) is 4.98 Å². The highest BCUT2D eigenvalue weighted by molar-refractivity contribution is 5.94. The van der Waals surface area contributed by atoms with E-state index < -0.39 is 17.8 Å². The van der Waals surface area contributed by atoms with Gasteiger partial charge in [0.1, 0.15) is 12.2 Å². The van der Waals surface area contributed by atoms with Crippen LogP contribution in [0.15, 0.2) is 18.2 Å². The molecule has 0 bridgehead atoms. The third-order valence-corrected chi connectivity index (χ3v) is 2.41. The molecule has 0 radical (unpaired) electrons. The minimum Gasteiger partial charge on any atom is -0.465 e. The van der Waals surface area contributed by atoms with E-state index in [0.29, 0.717) is 0 Å². The van der Waals surface area contributed by atoms with E-state index in [1.165, 1.54) is 24.1 Å². The van der Waals surface area contributed by atoms with Crippen LogP contribution in [0.1, 0.15) is 17.4 Å². The van der Waals surface area contributed by atoms with E-state index in [4.69, 9.17) is 9.47 Å². The Kier molecular flexibility index (Phi) is 6.58. The largest absolute Gasteiger partial charge is 0.465 e. The molecular weight excluding hydrogens is 267 g/mol. The number of amides is 1. The SMILES string of the molecule is CCOC(=O)CN(CCOC)C(=O)c1cccc(F)n1. The summed E-state index contributed by atoms with van der Waals surface area (Å²) in [5, 5.41) is 0. The van der Waals surface area contributed by atoms with Crippen LogP contribution in [0.2, 0.25) is 0 Å². The molecule has 6 nitrogen and oxygen atoms in total. The molecular formula is C13H17FN2O4. The van der Waals surface area contributed by atoms with Crippen molar-refractivity contribution >= 4 is 11.9 Å². The van der Waals surface area contributed by atoms with Crippen LogP contribution in [0.4, 0.5) is 4.39 Å². The maximum absolute atomic E-state index is 13.0. The number of ether oxygens (including phenoxy) is 2. The molecule has 0 aliphatic carbocycles. The number of esters is 1. The highest BCUT2D eigenvalue weighted by Crippen LogP contribution is 2.04. The monoisotopic (exact) mass is 284 g/mol. The van der Waals surface area contributed by atoms with E-state index in [-0.39, 0.29) is 32.0 Å². The Bertz CT molecular complexity index is 467. The zero-order chi connectivity index (χ0) is 15.0. The summed E-state index contributed by atoms with van der Waals surface area (Å²) >= 11 is 0. The summed E-state index contributed by atoms with van der Waals surface area (Å²) in [5.74, 6) is -1.83. The average Bonchev–Trinajstić information content (AvgIpc) is 2.43. The van der Waals surface area contributed by atoms with E-state index in [9.17, 15) is 14.0 Å². The van der Waals surface area contributed by atoms with Crippen LogP contribution in [-0.2, 0) is 14.3 Å². The molecule has 7 heteroatoms. The van der Waals surface area contributed by atoms with E-state index in [0.717, 1.165) is 6.07 Å². The zero-order valence-corrected chi connectivity index (χ0v) is 11.5. The molecule has 0 aromatic carbocycles. The van der Waals surface area contributed by atoms with Crippen LogP contribution in [0.25, 0.3) is 0 Å². The molecule has 1 amide bonds. The molecule has 1 rings (SSSR count). The van der Waals surface area contributed by atoms with Crippen molar-refractivity contribution < 1.29 is 23.5 Å². The van der Waals surface area contributed by atoms with Crippen molar-refractivity contribution in [3.8, 4) is 0 Å². The van der Waals surface area contributed by atoms with Crippen molar-refractivity contribution in [2.75, 3.05) is 33.4 Å². The molecule has 0 saturated carbocycles. The Labute approximate surface area is 116 Å². The third kappa shape index (κ3) is 4.93. The average molecular weight is 284 g/mol. The predicted molar refractivity (Wildman–Crippen MR) is 68.6 cm³/mol. The number of aromatic nitrogens is 1. The molecule has 0 fully saturated rings. The van der Waals surface area contributed by atoms with Crippen molar-refractivity contribution in [2.45, 2.75) is 6.92 Å². The fourth-order valence-electron chi connectivity index (χ4n) is 1.51. The third-order valence-electron chi connectivity index (χ3n) is 2.41. The molecule has 1 aromatic heterocycles. The Morgan fingerprint density at radius 3 is 2.75 bits per heavy atom. The lowest BCUT2D eigenvalue weighted by molar-refractivity contribution is -0.143. The Hall–Kier alpha value is -2.02. The molecule has 1 heterocycles. The van der Waals surface area contributed by atoms with Gasteiger partial charge in [-0.2, -0.15) is 4.39 Å². The second kappa shape index (κ2) is 8.21. The first-order valence-electron chi connectivity index (χ1n) is 6.14. The molecule has 0 unspecified atom stereocenters.